The van der Waals surface area contributed by atoms with E-state index in [4.69, 9.17) is 10.2 Å². The molecule has 0 spiro atoms. The van der Waals surface area contributed by atoms with Gasteiger partial charge in [0, 0.05) is 6.20 Å². The van der Waals surface area contributed by atoms with Crippen LogP contribution in [0.3, 0.4) is 0 Å². The van der Waals surface area contributed by atoms with Crippen molar-refractivity contribution in [3.8, 4) is 0 Å². The molecule has 0 aliphatic carbocycles. The van der Waals surface area contributed by atoms with E-state index >= 15 is 0 Å². The summed E-state index contributed by atoms with van der Waals surface area (Å²) in [5, 5.41) is 17.8. The number of hydrogen-bond donors (Lipinski definition) is 2. The van der Waals surface area contributed by atoms with Crippen molar-refractivity contribution in [1.82, 2.24) is 14.9 Å². The maximum atomic E-state index is 10.9. The summed E-state index contributed by atoms with van der Waals surface area (Å²) in [6, 6.07) is 0.452. The SMILES string of the molecule is O=C(O)[C@H]1C=C(c2ccncn2)CN1C(=O)O. The van der Waals surface area contributed by atoms with E-state index in [0.717, 1.165) is 4.90 Å². The molecule has 0 aromatic carbocycles. The van der Waals surface area contributed by atoms with Crippen molar-refractivity contribution in [2.45, 2.75) is 6.04 Å². The van der Waals surface area contributed by atoms with Gasteiger partial charge in [-0.3, -0.25) is 4.90 Å². The molecule has 7 heteroatoms. The molecule has 88 valence electrons. The fourth-order valence-corrected chi connectivity index (χ4v) is 1.65. The lowest BCUT2D eigenvalue weighted by Gasteiger charge is -2.17. The van der Waals surface area contributed by atoms with E-state index in [9.17, 15) is 9.59 Å². The van der Waals surface area contributed by atoms with Crippen molar-refractivity contribution in [3.05, 3.63) is 30.4 Å². The zero-order chi connectivity index (χ0) is 12.4. The van der Waals surface area contributed by atoms with Crippen molar-refractivity contribution < 1.29 is 19.8 Å². The molecule has 1 aliphatic rings. The number of hydrogen-bond acceptors (Lipinski definition) is 4. The van der Waals surface area contributed by atoms with Gasteiger partial charge in [0.1, 0.15) is 6.33 Å². The second kappa shape index (κ2) is 4.20. The Hall–Kier alpha value is -2.44. The molecule has 7 nitrogen and oxygen atoms in total. The zero-order valence-corrected chi connectivity index (χ0v) is 8.65. The molecule has 1 atom stereocenters. The third-order valence-corrected chi connectivity index (χ3v) is 2.45. The minimum Gasteiger partial charge on any atom is -0.479 e. The number of carbonyl (C=O) groups is 2. The van der Waals surface area contributed by atoms with Crippen LogP contribution in [0.5, 0.6) is 0 Å². The van der Waals surface area contributed by atoms with Gasteiger partial charge < -0.3 is 10.2 Å². The van der Waals surface area contributed by atoms with Gasteiger partial charge in [0.25, 0.3) is 0 Å². The zero-order valence-electron chi connectivity index (χ0n) is 8.65. The van der Waals surface area contributed by atoms with E-state index in [1.54, 1.807) is 6.07 Å². The molecule has 0 unspecified atom stereocenters. The van der Waals surface area contributed by atoms with Crippen molar-refractivity contribution in [2.24, 2.45) is 0 Å². The van der Waals surface area contributed by atoms with E-state index in [1.807, 2.05) is 0 Å². The van der Waals surface area contributed by atoms with Crippen LogP contribution in [0.2, 0.25) is 0 Å². The Kier molecular flexibility index (Phi) is 2.73. The number of aliphatic carboxylic acids is 1. The van der Waals surface area contributed by atoms with Crippen LogP contribution in [0.4, 0.5) is 4.79 Å². The monoisotopic (exact) mass is 235 g/mol. The third kappa shape index (κ3) is 2.07. The van der Waals surface area contributed by atoms with E-state index in [-0.39, 0.29) is 6.54 Å². The average Bonchev–Trinajstić information content (AvgIpc) is 2.75. The number of amides is 1. The van der Waals surface area contributed by atoms with Gasteiger partial charge in [0.2, 0.25) is 0 Å². The van der Waals surface area contributed by atoms with Gasteiger partial charge in [-0.05, 0) is 17.7 Å². The average molecular weight is 235 g/mol. The number of aromatic nitrogens is 2. The van der Waals surface area contributed by atoms with Gasteiger partial charge in [0.15, 0.2) is 6.04 Å². The molecule has 2 heterocycles. The van der Waals surface area contributed by atoms with E-state index in [0.29, 0.717) is 11.3 Å². The quantitative estimate of drug-likeness (QED) is 0.764. The molecule has 1 aromatic heterocycles. The van der Waals surface area contributed by atoms with Gasteiger partial charge in [-0.25, -0.2) is 19.6 Å². The number of nitrogens with zero attached hydrogens (tertiary/aromatic N) is 3. The molecule has 2 N–H and O–H groups in total. The summed E-state index contributed by atoms with van der Waals surface area (Å²) < 4.78 is 0. The molecular weight excluding hydrogens is 226 g/mol. The molecule has 2 rings (SSSR count). The second-order valence-corrected chi connectivity index (χ2v) is 3.48. The Morgan fingerprint density at radius 1 is 1.41 bits per heavy atom. The Morgan fingerprint density at radius 3 is 2.65 bits per heavy atom. The summed E-state index contributed by atoms with van der Waals surface area (Å²) in [7, 11) is 0. The lowest BCUT2D eigenvalue weighted by atomic mass is 10.2. The Labute approximate surface area is 96.0 Å². The molecule has 0 radical (unpaired) electrons. The second-order valence-electron chi connectivity index (χ2n) is 3.48. The van der Waals surface area contributed by atoms with Crippen molar-refractivity contribution >= 4 is 17.6 Å². The Bertz CT molecular complexity index is 486. The fourth-order valence-electron chi connectivity index (χ4n) is 1.65. The summed E-state index contributed by atoms with van der Waals surface area (Å²) in [6.07, 6.45) is 2.97. The van der Waals surface area contributed by atoms with Crippen LogP contribution in [-0.4, -0.2) is 49.7 Å². The van der Waals surface area contributed by atoms with Crippen LogP contribution in [0, 0.1) is 0 Å². The third-order valence-electron chi connectivity index (χ3n) is 2.45. The summed E-state index contributed by atoms with van der Waals surface area (Å²) >= 11 is 0. The van der Waals surface area contributed by atoms with E-state index in [1.165, 1.54) is 18.6 Å². The molecule has 1 aromatic rings. The van der Waals surface area contributed by atoms with Crippen molar-refractivity contribution in [1.29, 1.82) is 0 Å². The van der Waals surface area contributed by atoms with Gasteiger partial charge in [-0.2, -0.15) is 0 Å². The molecule has 0 saturated heterocycles. The summed E-state index contributed by atoms with van der Waals surface area (Å²) in [4.78, 5) is 30.3. The first-order valence-electron chi connectivity index (χ1n) is 4.79. The first kappa shape index (κ1) is 11.1. The highest BCUT2D eigenvalue weighted by Gasteiger charge is 2.34. The van der Waals surface area contributed by atoms with Gasteiger partial charge in [-0.1, -0.05) is 0 Å². The molecule has 17 heavy (non-hydrogen) atoms. The number of carboxylic acid groups (broad SMARTS) is 2. The maximum absolute atomic E-state index is 10.9. The standard InChI is InChI=1S/C10H9N3O4/c14-9(15)8-3-6(4-13(8)10(16)17)7-1-2-11-5-12-7/h1-3,5,8H,4H2,(H,14,15)(H,16,17)/t8-/m1/s1. The highest BCUT2D eigenvalue weighted by molar-refractivity contribution is 5.88. The van der Waals surface area contributed by atoms with Gasteiger partial charge in [0.05, 0.1) is 12.2 Å². The predicted octanol–water partition coefficient (Wildman–Crippen LogP) is 0.307. The van der Waals surface area contributed by atoms with Gasteiger partial charge >= 0.3 is 12.1 Å². The minimum absolute atomic E-state index is 0.0172. The van der Waals surface area contributed by atoms with Crippen LogP contribution < -0.4 is 0 Å². The fraction of sp³-hybridized carbons (Fsp3) is 0.200. The largest absolute Gasteiger partial charge is 0.479 e. The first-order valence-corrected chi connectivity index (χ1v) is 4.79. The molecule has 1 aliphatic heterocycles. The van der Waals surface area contributed by atoms with Crippen LogP contribution in [0.1, 0.15) is 5.69 Å². The van der Waals surface area contributed by atoms with Crippen LogP contribution in [-0.2, 0) is 4.79 Å². The maximum Gasteiger partial charge on any atom is 0.408 e. The molecule has 0 bridgehead atoms. The number of rotatable bonds is 2. The molecular formula is C10H9N3O4. The van der Waals surface area contributed by atoms with Crippen molar-refractivity contribution in [2.75, 3.05) is 6.54 Å². The molecule has 0 saturated carbocycles. The highest BCUT2D eigenvalue weighted by atomic mass is 16.4. The summed E-state index contributed by atoms with van der Waals surface area (Å²) in [6.45, 7) is 0.0172. The lowest BCUT2D eigenvalue weighted by Crippen LogP contribution is -2.40. The predicted molar refractivity (Wildman–Crippen MR) is 56.2 cm³/mol. The Morgan fingerprint density at radius 2 is 2.18 bits per heavy atom. The summed E-state index contributed by atoms with van der Waals surface area (Å²) in [5.74, 6) is -1.20. The summed E-state index contributed by atoms with van der Waals surface area (Å²) in [5.41, 5.74) is 1.11. The topological polar surface area (TPSA) is 104 Å². The number of carboxylic acids is 1. The van der Waals surface area contributed by atoms with Crippen molar-refractivity contribution in [3.63, 3.8) is 0 Å². The lowest BCUT2D eigenvalue weighted by molar-refractivity contribution is -0.140. The molecule has 0 fully saturated rings. The smallest absolute Gasteiger partial charge is 0.408 e. The van der Waals surface area contributed by atoms with Crippen LogP contribution >= 0.6 is 0 Å². The van der Waals surface area contributed by atoms with E-state index < -0.39 is 18.1 Å². The molecule has 1 amide bonds. The van der Waals surface area contributed by atoms with E-state index in [2.05, 4.69) is 9.97 Å². The highest BCUT2D eigenvalue weighted by Crippen LogP contribution is 2.23. The van der Waals surface area contributed by atoms with Gasteiger partial charge in [-0.15, -0.1) is 0 Å². The Balaban J connectivity index is 2.31. The first-order chi connectivity index (χ1) is 8.09. The van der Waals surface area contributed by atoms with Crippen LogP contribution in [0.25, 0.3) is 5.57 Å². The minimum atomic E-state index is -1.27. The van der Waals surface area contributed by atoms with Crippen LogP contribution in [0.15, 0.2) is 24.7 Å². The normalized spacial score (nSPS) is 18.9.